The highest BCUT2D eigenvalue weighted by Gasteiger charge is 2.22. The Labute approximate surface area is 129 Å². The molecule has 6 heteroatoms. The SMILES string of the molecule is Cc1ncc(-c2nc3c(s2)CN(CC(C)C)CC3)c(N)n1. The van der Waals surface area contributed by atoms with Crippen molar-refractivity contribution in [3.63, 3.8) is 0 Å². The molecule has 0 bridgehead atoms. The van der Waals surface area contributed by atoms with E-state index in [1.807, 2.05) is 6.92 Å². The molecule has 0 saturated heterocycles. The van der Waals surface area contributed by atoms with Gasteiger partial charge in [-0.1, -0.05) is 13.8 Å². The van der Waals surface area contributed by atoms with Gasteiger partial charge in [0.2, 0.25) is 0 Å². The minimum atomic E-state index is 0.521. The zero-order valence-corrected chi connectivity index (χ0v) is 13.6. The number of rotatable bonds is 3. The first kappa shape index (κ1) is 14.4. The van der Waals surface area contributed by atoms with E-state index in [-0.39, 0.29) is 0 Å². The topological polar surface area (TPSA) is 67.9 Å². The molecule has 112 valence electrons. The van der Waals surface area contributed by atoms with E-state index in [1.165, 1.54) is 10.6 Å². The van der Waals surface area contributed by atoms with Crippen molar-refractivity contribution in [3.8, 4) is 10.6 Å². The Morgan fingerprint density at radius 3 is 2.90 bits per heavy atom. The molecule has 21 heavy (non-hydrogen) atoms. The summed E-state index contributed by atoms with van der Waals surface area (Å²) in [6.45, 7) is 9.60. The van der Waals surface area contributed by atoms with Crippen LogP contribution in [-0.2, 0) is 13.0 Å². The van der Waals surface area contributed by atoms with Crippen LogP contribution in [-0.4, -0.2) is 32.9 Å². The number of nitrogen functional groups attached to an aromatic ring is 1. The van der Waals surface area contributed by atoms with Crippen LogP contribution in [0.1, 0.15) is 30.2 Å². The van der Waals surface area contributed by atoms with Gasteiger partial charge in [-0.25, -0.2) is 15.0 Å². The van der Waals surface area contributed by atoms with Crippen LogP contribution in [0.3, 0.4) is 0 Å². The van der Waals surface area contributed by atoms with Gasteiger partial charge in [0.25, 0.3) is 0 Å². The Morgan fingerprint density at radius 1 is 1.38 bits per heavy atom. The van der Waals surface area contributed by atoms with Crippen LogP contribution >= 0.6 is 11.3 Å². The molecule has 2 aromatic heterocycles. The van der Waals surface area contributed by atoms with Crippen LogP contribution in [0, 0.1) is 12.8 Å². The smallest absolute Gasteiger partial charge is 0.137 e. The molecule has 0 spiro atoms. The number of aromatic nitrogens is 3. The van der Waals surface area contributed by atoms with Gasteiger partial charge in [0.1, 0.15) is 16.6 Å². The molecule has 1 aliphatic rings. The highest BCUT2D eigenvalue weighted by atomic mass is 32.1. The lowest BCUT2D eigenvalue weighted by molar-refractivity contribution is 0.228. The average molecular weight is 303 g/mol. The maximum absolute atomic E-state index is 6.01. The van der Waals surface area contributed by atoms with Crippen molar-refractivity contribution in [3.05, 3.63) is 22.6 Å². The van der Waals surface area contributed by atoms with E-state index in [4.69, 9.17) is 10.7 Å². The molecule has 1 aliphatic heterocycles. The van der Waals surface area contributed by atoms with Crippen LogP contribution in [0.4, 0.5) is 5.82 Å². The van der Waals surface area contributed by atoms with Crippen molar-refractivity contribution < 1.29 is 0 Å². The summed E-state index contributed by atoms with van der Waals surface area (Å²) in [5.41, 5.74) is 8.08. The molecule has 0 radical (unpaired) electrons. The van der Waals surface area contributed by atoms with Crippen molar-refractivity contribution in [2.24, 2.45) is 5.92 Å². The number of hydrogen-bond donors (Lipinski definition) is 1. The van der Waals surface area contributed by atoms with E-state index in [1.54, 1.807) is 17.5 Å². The molecule has 0 aliphatic carbocycles. The van der Waals surface area contributed by atoms with Gasteiger partial charge < -0.3 is 5.73 Å². The molecule has 0 atom stereocenters. The first-order chi connectivity index (χ1) is 10.0. The summed E-state index contributed by atoms with van der Waals surface area (Å²) in [6.07, 6.45) is 2.80. The van der Waals surface area contributed by atoms with Crippen molar-refractivity contribution in [2.45, 2.75) is 33.7 Å². The number of anilines is 1. The minimum Gasteiger partial charge on any atom is -0.383 e. The van der Waals surface area contributed by atoms with Crippen LogP contribution in [0.15, 0.2) is 6.20 Å². The van der Waals surface area contributed by atoms with E-state index in [9.17, 15) is 0 Å². The molecule has 3 heterocycles. The second-order valence-electron chi connectivity index (χ2n) is 5.98. The van der Waals surface area contributed by atoms with Gasteiger partial charge in [-0.05, 0) is 12.8 Å². The third kappa shape index (κ3) is 3.06. The molecule has 5 nitrogen and oxygen atoms in total. The van der Waals surface area contributed by atoms with Crippen molar-refractivity contribution in [1.29, 1.82) is 0 Å². The first-order valence-corrected chi connectivity index (χ1v) is 8.15. The summed E-state index contributed by atoms with van der Waals surface area (Å²) in [6, 6.07) is 0. The molecule has 2 N–H and O–H groups in total. The Morgan fingerprint density at radius 2 is 2.19 bits per heavy atom. The molecule has 0 amide bonds. The standard InChI is InChI=1S/C15H21N5S/c1-9(2)7-20-5-4-12-13(8-20)21-15(19-12)11-6-17-10(3)18-14(11)16/h6,9H,4-5,7-8H2,1-3H3,(H2,16,17,18). The average Bonchev–Trinajstić information content (AvgIpc) is 2.80. The largest absolute Gasteiger partial charge is 0.383 e. The fraction of sp³-hybridized carbons (Fsp3) is 0.533. The quantitative estimate of drug-likeness (QED) is 0.943. The van der Waals surface area contributed by atoms with Crippen LogP contribution in [0.5, 0.6) is 0 Å². The lowest BCUT2D eigenvalue weighted by Crippen LogP contribution is -2.32. The molecule has 0 aromatic carbocycles. The van der Waals surface area contributed by atoms with Gasteiger partial charge in [0.15, 0.2) is 0 Å². The zero-order chi connectivity index (χ0) is 15.0. The van der Waals surface area contributed by atoms with Gasteiger partial charge in [0, 0.05) is 37.1 Å². The number of nitrogens with two attached hydrogens (primary N) is 1. The second-order valence-corrected chi connectivity index (χ2v) is 7.07. The van der Waals surface area contributed by atoms with Gasteiger partial charge in [-0.15, -0.1) is 11.3 Å². The van der Waals surface area contributed by atoms with Crippen LogP contribution in [0.25, 0.3) is 10.6 Å². The van der Waals surface area contributed by atoms with Crippen molar-refractivity contribution in [2.75, 3.05) is 18.8 Å². The van der Waals surface area contributed by atoms with Crippen molar-refractivity contribution in [1.82, 2.24) is 19.9 Å². The fourth-order valence-corrected chi connectivity index (χ4v) is 3.86. The Balaban J connectivity index is 1.86. The lowest BCUT2D eigenvalue weighted by atomic mass is 10.1. The van der Waals surface area contributed by atoms with E-state index < -0.39 is 0 Å². The Bertz CT molecular complexity index is 650. The summed E-state index contributed by atoms with van der Waals surface area (Å²) in [4.78, 5) is 17.1. The summed E-state index contributed by atoms with van der Waals surface area (Å²) in [5, 5.41) is 0.948. The summed E-state index contributed by atoms with van der Waals surface area (Å²) in [5.74, 6) is 1.91. The van der Waals surface area contributed by atoms with Crippen LogP contribution in [0.2, 0.25) is 0 Å². The number of hydrogen-bond acceptors (Lipinski definition) is 6. The third-order valence-electron chi connectivity index (χ3n) is 3.60. The van der Waals surface area contributed by atoms with E-state index in [2.05, 4.69) is 28.7 Å². The normalized spacial score (nSPS) is 15.4. The van der Waals surface area contributed by atoms with Gasteiger partial charge in [-0.2, -0.15) is 0 Å². The summed E-state index contributed by atoms with van der Waals surface area (Å²) < 4.78 is 0. The Hall–Kier alpha value is -1.53. The molecule has 3 rings (SSSR count). The van der Waals surface area contributed by atoms with Gasteiger partial charge in [0.05, 0.1) is 11.3 Å². The highest BCUT2D eigenvalue weighted by Crippen LogP contribution is 2.33. The first-order valence-electron chi connectivity index (χ1n) is 7.33. The summed E-state index contributed by atoms with van der Waals surface area (Å²) in [7, 11) is 0. The maximum Gasteiger partial charge on any atom is 0.137 e. The predicted molar refractivity (Wildman–Crippen MR) is 86.1 cm³/mol. The van der Waals surface area contributed by atoms with Crippen LogP contribution < -0.4 is 5.73 Å². The molecular formula is C15H21N5S. The second kappa shape index (κ2) is 5.69. The molecule has 2 aromatic rings. The highest BCUT2D eigenvalue weighted by molar-refractivity contribution is 7.15. The number of aryl methyl sites for hydroxylation is 1. The van der Waals surface area contributed by atoms with Gasteiger partial charge >= 0.3 is 0 Å². The maximum atomic E-state index is 6.01. The number of nitrogens with zero attached hydrogens (tertiary/aromatic N) is 4. The molecule has 0 unspecified atom stereocenters. The van der Waals surface area contributed by atoms with E-state index in [0.717, 1.165) is 36.6 Å². The lowest BCUT2D eigenvalue weighted by Gasteiger charge is -2.27. The fourth-order valence-electron chi connectivity index (χ4n) is 2.69. The van der Waals surface area contributed by atoms with Crippen molar-refractivity contribution >= 4 is 17.2 Å². The van der Waals surface area contributed by atoms with E-state index in [0.29, 0.717) is 17.6 Å². The Kier molecular flexibility index (Phi) is 3.91. The third-order valence-corrected chi connectivity index (χ3v) is 4.72. The molecular weight excluding hydrogens is 282 g/mol. The molecule has 0 fully saturated rings. The minimum absolute atomic E-state index is 0.521. The van der Waals surface area contributed by atoms with E-state index >= 15 is 0 Å². The summed E-state index contributed by atoms with van der Waals surface area (Å²) >= 11 is 1.73. The monoisotopic (exact) mass is 303 g/mol. The molecule has 0 saturated carbocycles. The number of thiazole rings is 1. The number of fused-ring (bicyclic) bond motifs is 1. The van der Waals surface area contributed by atoms with Gasteiger partial charge in [-0.3, -0.25) is 4.90 Å². The zero-order valence-electron chi connectivity index (χ0n) is 12.8. The predicted octanol–water partition coefficient (Wildman–Crippen LogP) is 2.50.